The van der Waals surface area contributed by atoms with Gasteiger partial charge in [0, 0.05) is 6.42 Å². The van der Waals surface area contributed by atoms with Crippen molar-refractivity contribution < 1.29 is 32.8 Å². The molecule has 8 heteroatoms. The predicted octanol–water partition coefficient (Wildman–Crippen LogP) is 0.719. The summed E-state index contributed by atoms with van der Waals surface area (Å²) >= 11 is 0. The first-order valence-electron chi connectivity index (χ1n) is 5.19. The van der Waals surface area contributed by atoms with E-state index in [0.717, 1.165) is 0 Å². The molecule has 0 spiro atoms. The highest BCUT2D eigenvalue weighted by Gasteiger charge is 2.52. The lowest BCUT2D eigenvalue weighted by Gasteiger charge is -2.25. The second-order valence-corrected chi connectivity index (χ2v) is 5.51. The number of carboxylic acids is 2. The molecule has 7 nitrogen and oxygen atoms in total. The fourth-order valence-electron chi connectivity index (χ4n) is 1.75. The summed E-state index contributed by atoms with van der Waals surface area (Å²) in [6, 6.07) is 6.77. The van der Waals surface area contributed by atoms with Gasteiger partial charge in [-0.3, -0.25) is 14.1 Å². The summed E-state index contributed by atoms with van der Waals surface area (Å²) in [5, 5.41) is 17.8. The number of hydrogen-bond donors (Lipinski definition) is 3. The Kier molecular flexibility index (Phi) is 4.28. The van der Waals surface area contributed by atoms with Gasteiger partial charge in [-0.05, 0) is 12.0 Å². The third-order valence-electron chi connectivity index (χ3n) is 2.72. The van der Waals surface area contributed by atoms with Crippen LogP contribution in [0.4, 0.5) is 0 Å². The number of aliphatic carboxylic acids is 2. The number of benzene rings is 1. The largest absolute Gasteiger partial charge is 0.481 e. The summed E-state index contributed by atoms with van der Waals surface area (Å²) in [6.45, 7) is 0. The highest BCUT2D eigenvalue weighted by molar-refractivity contribution is 7.87. The molecule has 0 heterocycles. The summed E-state index contributed by atoms with van der Waals surface area (Å²) in [4.78, 5) is 21.9. The zero-order chi connectivity index (χ0) is 14.7. The summed E-state index contributed by atoms with van der Waals surface area (Å²) in [7, 11) is -5.04. The summed E-state index contributed by atoms with van der Waals surface area (Å²) in [6.07, 6.45) is -1.47. The summed E-state index contributed by atoms with van der Waals surface area (Å²) < 4.78 is 29.6. The number of carbonyl (C=O) groups is 2. The molecule has 19 heavy (non-hydrogen) atoms. The van der Waals surface area contributed by atoms with E-state index in [1.54, 1.807) is 0 Å². The fraction of sp³-hybridized carbons (Fsp3) is 0.273. The van der Waals surface area contributed by atoms with Crippen molar-refractivity contribution in [3.8, 4) is 0 Å². The molecule has 0 saturated carbocycles. The smallest absolute Gasteiger partial charge is 0.332 e. The van der Waals surface area contributed by atoms with Gasteiger partial charge in [-0.15, -0.1) is 0 Å². The van der Waals surface area contributed by atoms with Crippen LogP contribution in [0, 0.1) is 0 Å². The van der Waals surface area contributed by atoms with Crippen molar-refractivity contribution in [2.75, 3.05) is 0 Å². The van der Waals surface area contributed by atoms with Crippen LogP contribution < -0.4 is 0 Å². The number of hydrogen-bond acceptors (Lipinski definition) is 4. The quantitative estimate of drug-likeness (QED) is 0.657. The van der Waals surface area contributed by atoms with Crippen LogP contribution in [-0.4, -0.2) is 35.1 Å². The molecular weight excluding hydrogens is 276 g/mol. The van der Waals surface area contributed by atoms with Crippen molar-refractivity contribution in [2.24, 2.45) is 0 Å². The number of carboxylic acid groups (broad SMARTS) is 2. The minimum Gasteiger partial charge on any atom is -0.481 e. The first kappa shape index (κ1) is 15.1. The van der Waals surface area contributed by atoms with E-state index >= 15 is 0 Å². The standard InChI is InChI=1S/C11H12O7S/c12-9(13)6-7-11(10(14)15,19(16,17)18)8-4-2-1-3-5-8/h1-5H,6-7H2,(H,12,13)(H,14,15)(H,16,17,18). The molecule has 0 bridgehead atoms. The molecule has 1 atom stereocenters. The topological polar surface area (TPSA) is 129 Å². The van der Waals surface area contributed by atoms with Crippen LogP contribution in [0.3, 0.4) is 0 Å². The van der Waals surface area contributed by atoms with E-state index < -0.39 is 39.6 Å². The maximum Gasteiger partial charge on any atom is 0.332 e. The SMILES string of the molecule is O=C(O)CCC(C(=O)O)(c1ccccc1)S(=O)(=O)O. The monoisotopic (exact) mass is 288 g/mol. The first-order chi connectivity index (χ1) is 8.72. The van der Waals surface area contributed by atoms with E-state index in [2.05, 4.69) is 0 Å². The molecule has 1 unspecified atom stereocenters. The van der Waals surface area contributed by atoms with E-state index in [4.69, 9.17) is 5.11 Å². The van der Waals surface area contributed by atoms with Crippen molar-refractivity contribution in [3.05, 3.63) is 35.9 Å². The van der Waals surface area contributed by atoms with Crippen LogP contribution >= 0.6 is 0 Å². The average molecular weight is 288 g/mol. The highest BCUT2D eigenvalue weighted by Crippen LogP contribution is 2.35. The fourth-order valence-corrected chi connectivity index (χ4v) is 2.77. The Morgan fingerprint density at radius 3 is 2.00 bits per heavy atom. The van der Waals surface area contributed by atoms with Crippen LogP contribution in [0.15, 0.2) is 30.3 Å². The van der Waals surface area contributed by atoms with Gasteiger partial charge >= 0.3 is 11.9 Å². The second kappa shape index (κ2) is 5.37. The lowest BCUT2D eigenvalue weighted by molar-refractivity contribution is -0.141. The molecule has 0 saturated heterocycles. The third kappa shape index (κ3) is 2.91. The molecule has 1 aromatic carbocycles. The van der Waals surface area contributed by atoms with Crippen LogP contribution in [0.1, 0.15) is 18.4 Å². The minimum atomic E-state index is -5.04. The zero-order valence-corrected chi connectivity index (χ0v) is 10.5. The molecule has 0 aromatic heterocycles. The Balaban J connectivity index is 3.46. The lowest BCUT2D eigenvalue weighted by Crippen LogP contribution is -2.43. The second-order valence-electron chi connectivity index (χ2n) is 3.87. The maximum absolute atomic E-state index is 11.5. The Labute approximate surface area is 109 Å². The van der Waals surface area contributed by atoms with Gasteiger partial charge in [0.15, 0.2) is 0 Å². The van der Waals surface area contributed by atoms with E-state index in [1.165, 1.54) is 30.3 Å². The minimum absolute atomic E-state index is 0.189. The van der Waals surface area contributed by atoms with Gasteiger partial charge in [-0.1, -0.05) is 30.3 Å². The van der Waals surface area contributed by atoms with E-state index in [-0.39, 0.29) is 5.56 Å². The third-order valence-corrected chi connectivity index (χ3v) is 4.21. The zero-order valence-electron chi connectivity index (χ0n) is 9.68. The van der Waals surface area contributed by atoms with Crippen LogP contribution in [0.2, 0.25) is 0 Å². The molecule has 0 radical (unpaired) electrons. The van der Waals surface area contributed by atoms with Gasteiger partial charge in [-0.25, -0.2) is 0 Å². The molecule has 1 aromatic rings. The van der Waals surface area contributed by atoms with Crippen molar-refractivity contribution in [1.29, 1.82) is 0 Å². The Bertz CT molecular complexity index is 578. The molecule has 0 aliphatic rings. The Morgan fingerprint density at radius 2 is 1.63 bits per heavy atom. The van der Waals surface area contributed by atoms with Gasteiger partial charge in [0.25, 0.3) is 10.1 Å². The van der Waals surface area contributed by atoms with Crippen LogP contribution in [0.5, 0.6) is 0 Å². The van der Waals surface area contributed by atoms with E-state index in [0.29, 0.717) is 0 Å². The van der Waals surface area contributed by atoms with Gasteiger partial charge in [-0.2, -0.15) is 8.42 Å². The van der Waals surface area contributed by atoms with Gasteiger partial charge in [0.1, 0.15) is 0 Å². The molecule has 0 aliphatic carbocycles. The van der Waals surface area contributed by atoms with Crippen LogP contribution in [0.25, 0.3) is 0 Å². The van der Waals surface area contributed by atoms with Gasteiger partial charge in [0.05, 0.1) is 0 Å². The van der Waals surface area contributed by atoms with Crippen molar-refractivity contribution in [1.82, 2.24) is 0 Å². The summed E-state index contributed by atoms with van der Waals surface area (Å²) in [5.41, 5.74) is -0.189. The highest BCUT2D eigenvalue weighted by atomic mass is 32.2. The summed E-state index contributed by atoms with van der Waals surface area (Å²) in [5.74, 6) is -3.17. The molecule has 0 amide bonds. The van der Waals surface area contributed by atoms with E-state index in [1.807, 2.05) is 0 Å². The maximum atomic E-state index is 11.5. The molecule has 1 rings (SSSR count). The van der Waals surface area contributed by atoms with Crippen molar-refractivity contribution >= 4 is 22.1 Å². The molecular formula is C11H12O7S. The molecule has 0 aliphatic heterocycles. The van der Waals surface area contributed by atoms with Crippen molar-refractivity contribution in [2.45, 2.75) is 17.6 Å². The average Bonchev–Trinajstić information content (AvgIpc) is 2.28. The van der Waals surface area contributed by atoms with E-state index in [9.17, 15) is 27.7 Å². The van der Waals surface area contributed by atoms with Crippen molar-refractivity contribution in [3.63, 3.8) is 0 Å². The lowest BCUT2D eigenvalue weighted by atomic mass is 9.93. The predicted molar refractivity (Wildman–Crippen MR) is 64.2 cm³/mol. The molecule has 104 valence electrons. The Morgan fingerprint density at radius 1 is 1.11 bits per heavy atom. The Hall–Kier alpha value is -1.93. The van der Waals surface area contributed by atoms with Crippen LogP contribution in [-0.2, 0) is 24.5 Å². The molecule has 3 N–H and O–H groups in total. The first-order valence-corrected chi connectivity index (χ1v) is 6.63. The molecule has 0 fully saturated rings. The normalized spacial score (nSPS) is 14.6. The van der Waals surface area contributed by atoms with Gasteiger partial charge < -0.3 is 10.2 Å². The van der Waals surface area contributed by atoms with Gasteiger partial charge in [0.2, 0.25) is 4.75 Å². The number of rotatable bonds is 6.